The zero-order valence-electron chi connectivity index (χ0n) is 11.4. The third-order valence-corrected chi connectivity index (χ3v) is 3.19. The predicted octanol–water partition coefficient (Wildman–Crippen LogP) is 1.44. The molecule has 1 amide bonds. The summed E-state index contributed by atoms with van der Waals surface area (Å²) in [5.74, 6) is 0.130. The number of pyridine rings is 1. The minimum absolute atomic E-state index is 0.236. The van der Waals surface area contributed by atoms with Gasteiger partial charge in [0.25, 0.3) is 5.91 Å². The Morgan fingerprint density at radius 1 is 1.29 bits per heavy atom. The van der Waals surface area contributed by atoms with Crippen molar-refractivity contribution in [3.63, 3.8) is 0 Å². The van der Waals surface area contributed by atoms with Gasteiger partial charge in [0.1, 0.15) is 11.5 Å². The fourth-order valence-electron chi connectivity index (χ4n) is 2.15. The maximum absolute atomic E-state index is 12.1. The van der Waals surface area contributed by atoms with Gasteiger partial charge in [0, 0.05) is 24.3 Å². The number of hydrogen-bond donors (Lipinski definition) is 2. The van der Waals surface area contributed by atoms with Crippen molar-refractivity contribution in [2.24, 2.45) is 0 Å². The summed E-state index contributed by atoms with van der Waals surface area (Å²) in [5.41, 5.74) is 6.22. The fourth-order valence-corrected chi connectivity index (χ4v) is 2.15. The van der Waals surface area contributed by atoms with Gasteiger partial charge in [-0.3, -0.25) is 9.48 Å². The number of nitrogen functional groups attached to an aromatic ring is 1. The lowest BCUT2D eigenvalue weighted by Crippen LogP contribution is -2.28. The highest BCUT2D eigenvalue weighted by Crippen LogP contribution is 2.19. The number of rotatable bonds is 4. The van der Waals surface area contributed by atoms with Crippen molar-refractivity contribution in [1.29, 1.82) is 0 Å². The van der Waals surface area contributed by atoms with Crippen molar-refractivity contribution in [2.45, 2.75) is 6.54 Å². The van der Waals surface area contributed by atoms with Gasteiger partial charge in [0.2, 0.25) is 0 Å². The van der Waals surface area contributed by atoms with Crippen molar-refractivity contribution in [3.8, 4) is 0 Å². The van der Waals surface area contributed by atoms with E-state index < -0.39 is 0 Å². The van der Waals surface area contributed by atoms with E-state index in [0.29, 0.717) is 24.6 Å². The molecule has 1 aromatic carbocycles. The number of nitrogens with two attached hydrogens (primary N) is 1. The summed E-state index contributed by atoms with van der Waals surface area (Å²) in [6.07, 6.45) is 3.55. The van der Waals surface area contributed by atoms with Crippen molar-refractivity contribution in [2.75, 3.05) is 12.3 Å². The molecule has 0 unspecified atom stereocenters. The van der Waals surface area contributed by atoms with Crippen LogP contribution in [0.4, 0.5) is 5.82 Å². The molecular weight excluding hydrogens is 266 g/mol. The summed E-state index contributed by atoms with van der Waals surface area (Å²) in [7, 11) is 0. The van der Waals surface area contributed by atoms with Crippen molar-refractivity contribution < 1.29 is 4.79 Å². The Labute approximate surface area is 121 Å². The van der Waals surface area contributed by atoms with E-state index >= 15 is 0 Å². The Kier molecular flexibility index (Phi) is 3.51. The van der Waals surface area contributed by atoms with Gasteiger partial charge < -0.3 is 11.1 Å². The van der Waals surface area contributed by atoms with Crippen molar-refractivity contribution >= 4 is 22.5 Å². The third-order valence-electron chi connectivity index (χ3n) is 3.19. The van der Waals surface area contributed by atoms with Gasteiger partial charge in [-0.05, 0) is 17.5 Å². The van der Waals surface area contributed by atoms with Crippen LogP contribution in [-0.2, 0) is 6.54 Å². The molecule has 0 fully saturated rings. The number of benzene rings is 1. The summed E-state index contributed by atoms with van der Waals surface area (Å²) in [6, 6.07) is 11.2. The molecule has 2 aromatic heterocycles. The second-order valence-corrected chi connectivity index (χ2v) is 4.64. The molecule has 2 heterocycles. The minimum Gasteiger partial charge on any atom is -0.383 e. The van der Waals surface area contributed by atoms with Gasteiger partial charge in [-0.1, -0.05) is 24.3 Å². The Morgan fingerprint density at radius 3 is 2.95 bits per heavy atom. The number of hydrogen-bond acceptors (Lipinski definition) is 4. The monoisotopic (exact) mass is 281 g/mol. The van der Waals surface area contributed by atoms with E-state index in [2.05, 4.69) is 15.4 Å². The molecule has 0 aliphatic heterocycles. The zero-order valence-corrected chi connectivity index (χ0v) is 11.4. The first kappa shape index (κ1) is 13.1. The lowest BCUT2D eigenvalue weighted by molar-refractivity contribution is 0.0947. The summed E-state index contributed by atoms with van der Waals surface area (Å²) in [6.45, 7) is 1.09. The van der Waals surface area contributed by atoms with E-state index in [4.69, 9.17) is 5.73 Å². The van der Waals surface area contributed by atoms with Crippen LogP contribution in [0.25, 0.3) is 10.8 Å². The van der Waals surface area contributed by atoms with Gasteiger partial charge >= 0.3 is 0 Å². The predicted molar refractivity (Wildman–Crippen MR) is 80.7 cm³/mol. The topological polar surface area (TPSA) is 85.8 Å². The molecule has 0 aliphatic carbocycles. The number of fused-ring (bicyclic) bond motifs is 1. The largest absolute Gasteiger partial charge is 0.383 e. The van der Waals surface area contributed by atoms with E-state index in [1.165, 1.54) is 0 Å². The van der Waals surface area contributed by atoms with Crippen LogP contribution < -0.4 is 11.1 Å². The summed E-state index contributed by atoms with van der Waals surface area (Å²) < 4.78 is 1.75. The molecule has 3 aromatic rings. The molecule has 3 N–H and O–H groups in total. The highest BCUT2D eigenvalue weighted by molar-refractivity contribution is 5.99. The number of nitrogens with one attached hydrogen (secondary N) is 1. The van der Waals surface area contributed by atoms with Crippen LogP contribution in [0.2, 0.25) is 0 Å². The van der Waals surface area contributed by atoms with Crippen LogP contribution in [0.1, 0.15) is 10.5 Å². The van der Waals surface area contributed by atoms with Crippen LogP contribution >= 0.6 is 0 Å². The minimum atomic E-state index is -0.236. The molecule has 0 saturated heterocycles. The number of anilines is 1. The van der Waals surface area contributed by atoms with Gasteiger partial charge in [-0.25, -0.2) is 4.98 Å². The standard InChI is InChI=1S/C15H15N5O/c16-14-12-5-2-1-4-11(12)10-13(19-14)15(21)17-7-9-20-8-3-6-18-20/h1-6,8,10H,7,9H2,(H2,16,19)(H,17,21). The summed E-state index contributed by atoms with van der Waals surface area (Å²) >= 11 is 0. The molecule has 21 heavy (non-hydrogen) atoms. The van der Waals surface area contributed by atoms with Gasteiger partial charge in [0.05, 0.1) is 6.54 Å². The lowest BCUT2D eigenvalue weighted by Gasteiger charge is -2.07. The average molecular weight is 281 g/mol. The van der Waals surface area contributed by atoms with E-state index in [-0.39, 0.29) is 5.91 Å². The Hall–Kier alpha value is -2.89. The highest BCUT2D eigenvalue weighted by Gasteiger charge is 2.10. The zero-order chi connectivity index (χ0) is 14.7. The van der Waals surface area contributed by atoms with Crippen LogP contribution in [0, 0.1) is 0 Å². The van der Waals surface area contributed by atoms with Crippen LogP contribution in [-0.4, -0.2) is 27.2 Å². The molecule has 0 saturated carbocycles. The van der Waals surface area contributed by atoms with E-state index in [9.17, 15) is 4.79 Å². The summed E-state index contributed by atoms with van der Waals surface area (Å²) in [4.78, 5) is 16.3. The third kappa shape index (κ3) is 2.84. The Bertz CT molecular complexity index is 767. The van der Waals surface area contributed by atoms with Crippen LogP contribution in [0.3, 0.4) is 0 Å². The van der Waals surface area contributed by atoms with Crippen molar-refractivity contribution in [1.82, 2.24) is 20.1 Å². The highest BCUT2D eigenvalue weighted by atomic mass is 16.1. The molecule has 6 heteroatoms. The Morgan fingerprint density at radius 2 is 2.14 bits per heavy atom. The molecule has 0 atom stereocenters. The van der Waals surface area contributed by atoms with Crippen LogP contribution in [0.5, 0.6) is 0 Å². The molecule has 3 rings (SSSR count). The maximum Gasteiger partial charge on any atom is 0.270 e. The van der Waals surface area contributed by atoms with E-state index in [1.54, 1.807) is 16.9 Å². The van der Waals surface area contributed by atoms with Gasteiger partial charge in [0.15, 0.2) is 0 Å². The summed E-state index contributed by atoms with van der Waals surface area (Å²) in [5, 5.41) is 8.64. The number of aromatic nitrogens is 3. The number of carbonyl (C=O) groups is 1. The molecular formula is C15H15N5O. The fraction of sp³-hybridized carbons (Fsp3) is 0.133. The van der Waals surface area contributed by atoms with Gasteiger partial charge in [-0.15, -0.1) is 0 Å². The first-order chi connectivity index (χ1) is 10.2. The normalized spacial score (nSPS) is 10.7. The maximum atomic E-state index is 12.1. The second-order valence-electron chi connectivity index (χ2n) is 4.64. The molecule has 106 valence electrons. The molecule has 0 radical (unpaired) electrons. The quantitative estimate of drug-likeness (QED) is 0.757. The molecule has 6 nitrogen and oxygen atoms in total. The smallest absolute Gasteiger partial charge is 0.270 e. The van der Waals surface area contributed by atoms with Crippen molar-refractivity contribution in [3.05, 3.63) is 54.5 Å². The molecule has 0 aliphatic rings. The van der Waals surface area contributed by atoms with Gasteiger partial charge in [-0.2, -0.15) is 5.10 Å². The SMILES string of the molecule is Nc1nc(C(=O)NCCn2cccn2)cc2ccccc12. The number of amides is 1. The van der Waals surface area contributed by atoms with E-state index in [1.807, 2.05) is 36.5 Å². The first-order valence-electron chi connectivity index (χ1n) is 6.65. The Balaban J connectivity index is 1.72. The molecule has 0 spiro atoms. The van der Waals surface area contributed by atoms with E-state index in [0.717, 1.165) is 10.8 Å². The first-order valence-corrected chi connectivity index (χ1v) is 6.65. The second kappa shape index (κ2) is 5.62. The van der Waals surface area contributed by atoms with Crippen LogP contribution in [0.15, 0.2) is 48.8 Å². The number of nitrogens with zero attached hydrogens (tertiary/aromatic N) is 3. The number of carbonyl (C=O) groups excluding carboxylic acids is 1. The lowest BCUT2D eigenvalue weighted by atomic mass is 10.1. The average Bonchev–Trinajstić information content (AvgIpc) is 3.00. The molecule has 0 bridgehead atoms.